The number of hydrogen-bond donors (Lipinski definition) is 2. The Kier molecular flexibility index (Phi) is 8.58. The first-order valence-corrected chi connectivity index (χ1v) is 11.5. The minimum Gasteiger partial charge on any atom is -0.497 e. The number of anilines is 2. The summed E-state index contributed by atoms with van der Waals surface area (Å²) >= 11 is 0. The average Bonchev–Trinajstić information content (AvgIpc) is 3.17. The summed E-state index contributed by atoms with van der Waals surface area (Å²) in [5.41, 5.74) is 0.913. The van der Waals surface area contributed by atoms with E-state index in [0.29, 0.717) is 36.0 Å². The standard InChI is InChI=1S/C25H39N5O4/c1-10-11-29(23(32)26-17-12-18(33-8)14-19(13-17)34-9)16-22(31)27-21-15-20(24(2,3)4)28-30(21)25(5,6)7/h12-15H,10-11,16H2,1-9H3,(H,26,32)(H,27,31). The van der Waals surface area contributed by atoms with Gasteiger partial charge in [-0.2, -0.15) is 5.10 Å². The van der Waals surface area contributed by atoms with E-state index in [-0.39, 0.29) is 29.4 Å². The minimum atomic E-state index is -0.382. The second-order valence-electron chi connectivity index (χ2n) is 10.2. The highest BCUT2D eigenvalue weighted by Gasteiger charge is 2.26. The summed E-state index contributed by atoms with van der Waals surface area (Å²) in [4.78, 5) is 27.4. The number of benzene rings is 1. The van der Waals surface area contributed by atoms with Crippen LogP contribution in [0.1, 0.15) is 60.6 Å². The van der Waals surface area contributed by atoms with Crippen LogP contribution in [-0.2, 0) is 15.7 Å². The summed E-state index contributed by atoms with van der Waals surface area (Å²) in [6.07, 6.45) is 0.705. The van der Waals surface area contributed by atoms with Crippen LogP contribution in [0.2, 0.25) is 0 Å². The lowest BCUT2D eigenvalue weighted by molar-refractivity contribution is -0.116. The Hall–Kier alpha value is -3.23. The number of nitrogens with zero attached hydrogens (tertiary/aromatic N) is 3. The third kappa shape index (κ3) is 7.13. The normalized spacial score (nSPS) is 11.7. The molecule has 0 spiro atoms. The molecule has 1 aromatic carbocycles. The van der Waals surface area contributed by atoms with Gasteiger partial charge in [0, 0.05) is 41.9 Å². The van der Waals surface area contributed by atoms with Crippen LogP contribution < -0.4 is 20.1 Å². The van der Waals surface area contributed by atoms with Crippen LogP contribution in [0.25, 0.3) is 0 Å². The summed E-state index contributed by atoms with van der Waals surface area (Å²) in [6, 6.07) is 6.63. The predicted molar refractivity (Wildman–Crippen MR) is 135 cm³/mol. The monoisotopic (exact) mass is 473 g/mol. The predicted octanol–water partition coefficient (Wildman–Crippen LogP) is 4.84. The quantitative estimate of drug-likeness (QED) is 0.572. The van der Waals surface area contributed by atoms with Crippen LogP contribution in [0.5, 0.6) is 11.5 Å². The van der Waals surface area contributed by atoms with Crippen molar-refractivity contribution in [3.63, 3.8) is 0 Å². The van der Waals surface area contributed by atoms with Gasteiger partial charge in [0.25, 0.3) is 0 Å². The molecule has 34 heavy (non-hydrogen) atoms. The summed E-state index contributed by atoms with van der Waals surface area (Å²) in [7, 11) is 3.09. The molecular formula is C25H39N5O4. The number of methoxy groups -OCH3 is 2. The summed E-state index contributed by atoms with van der Waals surface area (Å²) in [6.45, 7) is 14.6. The number of nitrogens with one attached hydrogen (secondary N) is 2. The van der Waals surface area contributed by atoms with E-state index in [9.17, 15) is 9.59 Å². The third-order valence-corrected chi connectivity index (χ3v) is 5.10. The van der Waals surface area contributed by atoms with E-state index in [1.165, 1.54) is 4.90 Å². The molecule has 0 atom stereocenters. The van der Waals surface area contributed by atoms with Crippen LogP contribution in [0.3, 0.4) is 0 Å². The molecule has 0 aliphatic rings. The Labute approximate surface area is 202 Å². The fourth-order valence-corrected chi connectivity index (χ4v) is 3.31. The number of urea groups is 1. The lowest BCUT2D eigenvalue weighted by atomic mass is 9.92. The largest absolute Gasteiger partial charge is 0.497 e. The number of hydrogen-bond acceptors (Lipinski definition) is 5. The summed E-state index contributed by atoms with van der Waals surface area (Å²) in [5, 5.41) is 10.5. The van der Waals surface area contributed by atoms with Crippen molar-refractivity contribution in [1.82, 2.24) is 14.7 Å². The van der Waals surface area contributed by atoms with Crippen LogP contribution in [0.15, 0.2) is 24.3 Å². The fraction of sp³-hybridized carbons (Fsp3) is 0.560. The van der Waals surface area contributed by atoms with Gasteiger partial charge in [0.05, 0.1) is 25.5 Å². The van der Waals surface area contributed by atoms with Crippen molar-refractivity contribution in [2.75, 3.05) is 37.9 Å². The lowest BCUT2D eigenvalue weighted by Gasteiger charge is -2.24. The molecule has 0 aliphatic carbocycles. The zero-order valence-electron chi connectivity index (χ0n) is 21.9. The first-order valence-electron chi connectivity index (χ1n) is 11.5. The van der Waals surface area contributed by atoms with E-state index >= 15 is 0 Å². The molecule has 0 radical (unpaired) electrons. The lowest BCUT2D eigenvalue weighted by Crippen LogP contribution is -2.41. The van der Waals surface area contributed by atoms with Gasteiger partial charge in [-0.1, -0.05) is 27.7 Å². The van der Waals surface area contributed by atoms with Gasteiger partial charge in [-0.05, 0) is 27.2 Å². The molecule has 2 aromatic rings. The molecule has 0 saturated heterocycles. The van der Waals surface area contributed by atoms with E-state index < -0.39 is 0 Å². The van der Waals surface area contributed by atoms with Gasteiger partial charge < -0.3 is 25.0 Å². The van der Waals surface area contributed by atoms with Crippen molar-refractivity contribution in [2.45, 2.75) is 65.8 Å². The molecule has 9 heteroatoms. The Morgan fingerprint density at radius 1 is 0.971 bits per heavy atom. The first kappa shape index (κ1) is 27.0. The smallest absolute Gasteiger partial charge is 0.322 e. The molecule has 0 bridgehead atoms. The van der Waals surface area contributed by atoms with Gasteiger partial charge in [-0.25, -0.2) is 9.48 Å². The van der Waals surface area contributed by atoms with Crippen molar-refractivity contribution in [2.24, 2.45) is 0 Å². The molecule has 0 unspecified atom stereocenters. The molecule has 1 aromatic heterocycles. The molecule has 0 fully saturated rings. The second-order valence-corrected chi connectivity index (χ2v) is 10.2. The number of amides is 3. The Morgan fingerprint density at radius 3 is 2.03 bits per heavy atom. The zero-order valence-corrected chi connectivity index (χ0v) is 21.9. The molecule has 2 N–H and O–H groups in total. The van der Waals surface area contributed by atoms with E-state index in [1.54, 1.807) is 32.4 Å². The Bertz CT molecular complexity index is 979. The minimum absolute atomic E-state index is 0.0963. The summed E-state index contributed by atoms with van der Waals surface area (Å²) < 4.78 is 12.3. The van der Waals surface area contributed by atoms with Crippen LogP contribution in [-0.4, -0.2) is 53.9 Å². The molecule has 0 saturated carbocycles. The van der Waals surface area contributed by atoms with Gasteiger partial charge in [0.2, 0.25) is 5.91 Å². The maximum Gasteiger partial charge on any atom is 0.322 e. The number of carbonyl (C=O) groups excluding carboxylic acids is 2. The number of carbonyl (C=O) groups is 2. The Balaban J connectivity index is 2.19. The van der Waals surface area contributed by atoms with E-state index in [1.807, 2.05) is 38.4 Å². The zero-order chi connectivity index (χ0) is 25.7. The van der Waals surface area contributed by atoms with Crippen LogP contribution in [0.4, 0.5) is 16.3 Å². The number of rotatable bonds is 8. The maximum absolute atomic E-state index is 13.0. The average molecular weight is 474 g/mol. The fourth-order valence-electron chi connectivity index (χ4n) is 3.31. The maximum atomic E-state index is 13.0. The van der Waals surface area contributed by atoms with Gasteiger partial charge >= 0.3 is 6.03 Å². The molecule has 2 rings (SSSR count). The molecule has 188 valence electrons. The van der Waals surface area contributed by atoms with Crippen molar-refractivity contribution in [1.29, 1.82) is 0 Å². The number of ether oxygens (including phenoxy) is 2. The molecular weight excluding hydrogens is 434 g/mol. The molecule has 0 aliphatic heterocycles. The topological polar surface area (TPSA) is 97.7 Å². The van der Waals surface area contributed by atoms with Crippen molar-refractivity contribution >= 4 is 23.4 Å². The van der Waals surface area contributed by atoms with E-state index in [0.717, 1.165) is 5.69 Å². The third-order valence-electron chi connectivity index (χ3n) is 5.10. The van der Waals surface area contributed by atoms with E-state index in [4.69, 9.17) is 14.6 Å². The van der Waals surface area contributed by atoms with Crippen LogP contribution in [0, 0.1) is 0 Å². The van der Waals surface area contributed by atoms with Crippen molar-refractivity contribution in [3.8, 4) is 11.5 Å². The van der Waals surface area contributed by atoms with Gasteiger partial charge in [0.15, 0.2) is 0 Å². The van der Waals surface area contributed by atoms with Gasteiger partial charge in [-0.15, -0.1) is 0 Å². The SMILES string of the molecule is CCCN(CC(=O)Nc1cc(C(C)(C)C)nn1C(C)(C)C)C(=O)Nc1cc(OC)cc(OC)c1. The summed E-state index contributed by atoms with van der Waals surface area (Å²) in [5.74, 6) is 1.42. The number of aromatic nitrogens is 2. The highest BCUT2D eigenvalue weighted by Crippen LogP contribution is 2.28. The van der Waals surface area contributed by atoms with Crippen LogP contribution >= 0.6 is 0 Å². The molecule has 1 heterocycles. The van der Waals surface area contributed by atoms with Gasteiger partial charge in [0.1, 0.15) is 23.9 Å². The Morgan fingerprint density at radius 2 is 1.56 bits per heavy atom. The van der Waals surface area contributed by atoms with Crippen molar-refractivity contribution in [3.05, 3.63) is 30.0 Å². The van der Waals surface area contributed by atoms with E-state index in [2.05, 4.69) is 31.4 Å². The molecule has 9 nitrogen and oxygen atoms in total. The highest BCUT2D eigenvalue weighted by molar-refractivity contribution is 5.96. The van der Waals surface area contributed by atoms with Gasteiger partial charge in [-0.3, -0.25) is 4.79 Å². The first-order chi connectivity index (χ1) is 15.8. The molecule has 3 amide bonds. The highest BCUT2D eigenvalue weighted by atomic mass is 16.5. The van der Waals surface area contributed by atoms with Crippen molar-refractivity contribution < 1.29 is 19.1 Å². The second kappa shape index (κ2) is 10.8.